The molecule has 2 saturated carbocycles. The van der Waals surface area contributed by atoms with Gasteiger partial charge in [-0.25, -0.2) is 17.6 Å². The van der Waals surface area contributed by atoms with E-state index in [1.807, 2.05) is 0 Å². The number of hydrogen-bond acceptors (Lipinski definition) is 10. The minimum atomic E-state index is -1.89. The van der Waals surface area contributed by atoms with Crippen LogP contribution in [0.5, 0.6) is 5.75 Å². The normalized spacial score (nSPS) is 14.6. The molecule has 2 aliphatic rings. The van der Waals surface area contributed by atoms with Gasteiger partial charge in [0.1, 0.15) is 11.6 Å². The maximum absolute atomic E-state index is 13.3. The van der Waals surface area contributed by atoms with Crippen molar-refractivity contribution in [1.82, 2.24) is 0 Å². The number of carbonyl (C=O) groups is 1. The van der Waals surface area contributed by atoms with Crippen molar-refractivity contribution in [3.63, 3.8) is 0 Å². The third kappa shape index (κ3) is 32.7. The molecular weight excluding hydrogens is 1850 g/mol. The van der Waals surface area contributed by atoms with Crippen molar-refractivity contribution in [2.75, 3.05) is 7.11 Å². The van der Waals surface area contributed by atoms with Gasteiger partial charge in [-0.1, -0.05) is 0 Å². The van der Waals surface area contributed by atoms with E-state index < -0.39 is 47.6 Å². The van der Waals surface area contributed by atoms with Crippen LogP contribution in [-0.4, -0.2) is 53.1 Å². The number of hydrogen-bond donors (Lipinski definition) is 6. The van der Waals surface area contributed by atoms with Gasteiger partial charge in [0, 0.05) is 33.3 Å². The van der Waals surface area contributed by atoms with E-state index in [0.717, 1.165) is 57.1 Å². The second-order valence-corrected chi connectivity index (χ2v) is 178. The van der Waals surface area contributed by atoms with Crippen LogP contribution >= 0.6 is 336 Å². The lowest BCUT2D eigenvalue weighted by molar-refractivity contribution is 0.111. The fraction of sp³-hybridized carbons (Fsp3) is 0.292. The van der Waals surface area contributed by atoms with Gasteiger partial charge in [-0.05, 0) is 188 Å². The molecule has 56 heteroatoms. The Morgan fingerprint density at radius 3 is 1.05 bits per heavy atom. The van der Waals surface area contributed by atoms with Crippen molar-refractivity contribution in [2.45, 2.75) is 25.7 Å². The Labute approximate surface area is 548 Å². The van der Waals surface area contributed by atoms with E-state index in [1.165, 1.54) is 0 Å². The summed E-state index contributed by atoms with van der Waals surface area (Å²) in [5.74, 6) is -4.62. The summed E-state index contributed by atoms with van der Waals surface area (Å²) < 4.78 is 66.3. The average molecular weight is 1910 g/mol. The van der Waals surface area contributed by atoms with E-state index in [2.05, 4.69) is 213 Å². The van der Waals surface area contributed by atoms with Crippen LogP contribution in [-0.2, 0) is 9.47 Å². The van der Waals surface area contributed by atoms with Gasteiger partial charge in [0.25, 0.3) is 4.81 Å². The monoisotopic (exact) mass is 1910 g/mol. The molecule has 0 aromatic heterocycles. The SMILES string of the molecule is COc1c(F)cc(B(O)O)cc1F.N=C(Br)OC(=N)C1CC1.N=C(OC(=N)C1CC1)c1cc(F)c(C=O)c(F)c1.PP(P)P(P)P(P(P)P)P(P(P(P(P)P)P(P)P)P(P(P)P)P(P)P)P(P(P(P)P)P(P)P)P(P(P)P)P(P)P. The quantitative estimate of drug-likeness (QED) is 0.0152. The van der Waals surface area contributed by atoms with Crippen LogP contribution in [0.2, 0.25) is 0 Å². The molecular formula is C24H66BBrF4N4O6P40. The molecule has 2 aromatic rings. The molecule has 23 atom stereocenters. The first-order valence-electron chi connectivity index (χ1n) is 20.5. The second-order valence-electron chi connectivity index (χ2n) is 14.7. The van der Waals surface area contributed by atoms with Gasteiger partial charge >= 0.3 is 7.12 Å². The van der Waals surface area contributed by atoms with Gasteiger partial charge in [-0.15, -0.1) is 187 Å². The number of ether oxygens (including phenoxy) is 3. The van der Waals surface area contributed by atoms with Crippen LogP contribution in [0.25, 0.3) is 0 Å². The molecule has 2 aromatic carbocycles. The minimum absolute atomic E-state index is 0.00860. The van der Waals surface area contributed by atoms with Crippen LogP contribution in [0.15, 0.2) is 24.3 Å². The van der Waals surface area contributed by atoms with Crippen molar-refractivity contribution < 1.29 is 46.6 Å². The highest BCUT2D eigenvalue weighted by Gasteiger charge is 2.55. The first kappa shape index (κ1) is 91.6. The number of methoxy groups -OCH3 is 1. The first-order valence-corrected chi connectivity index (χ1v) is 93.5. The molecule has 80 heavy (non-hydrogen) atoms. The van der Waals surface area contributed by atoms with Gasteiger partial charge in [0.2, 0.25) is 5.90 Å². The summed E-state index contributed by atoms with van der Waals surface area (Å²) in [7, 11) is 70.4. The number of nitrogens with one attached hydrogen (secondary N) is 4. The molecule has 2 aliphatic carbocycles. The largest absolute Gasteiger partial charge is 0.491 e. The number of halogens is 5. The lowest BCUT2D eigenvalue weighted by Crippen LogP contribution is -2.30. The number of benzene rings is 2. The molecule has 0 saturated heterocycles. The van der Waals surface area contributed by atoms with Crippen molar-refractivity contribution in [3.8, 4) is 5.75 Å². The second kappa shape index (κ2) is 47.7. The van der Waals surface area contributed by atoms with E-state index in [4.69, 9.17) is 36.4 Å². The summed E-state index contributed by atoms with van der Waals surface area (Å²) in [5.41, 5.74) is -1.07. The molecule has 0 aliphatic heterocycles. The Morgan fingerprint density at radius 2 is 0.812 bits per heavy atom. The zero-order valence-electron chi connectivity index (χ0n) is 41.5. The molecule has 0 bridgehead atoms. The van der Waals surface area contributed by atoms with Gasteiger partial charge in [0.15, 0.2) is 35.5 Å². The zero-order valence-corrected chi connectivity index (χ0v) is 84.3. The van der Waals surface area contributed by atoms with E-state index >= 15 is 0 Å². The van der Waals surface area contributed by atoms with Crippen LogP contribution < -0.4 is 10.2 Å². The van der Waals surface area contributed by atoms with E-state index in [-0.39, 0.29) is 173 Å². The highest BCUT2D eigenvalue weighted by atomic mass is 79.9. The minimum Gasteiger partial charge on any atom is -0.491 e. The fourth-order valence-corrected chi connectivity index (χ4v) is 546. The smallest absolute Gasteiger partial charge is 0.488 e. The predicted octanol–water partition coefficient (Wildman–Crippen LogP) is 27.1. The first-order chi connectivity index (χ1) is 36.9. The highest BCUT2D eigenvalue weighted by molar-refractivity contribution is 9.48. The lowest BCUT2D eigenvalue weighted by atomic mass is 9.80. The van der Waals surface area contributed by atoms with Gasteiger partial charge < -0.3 is 24.3 Å². The molecule has 0 radical (unpaired) electrons. The van der Waals surface area contributed by atoms with Crippen molar-refractivity contribution >= 4 is 378 Å². The maximum Gasteiger partial charge on any atom is 0.488 e. The molecule has 10 nitrogen and oxygen atoms in total. The van der Waals surface area contributed by atoms with Crippen molar-refractivity contribution in [3.05, 3.63) is 58.7 Å². The number of aldehydes is 1. The summed E-state index contributed by atoms with van der Waals surface area (Å²) in [6.45, 7) is -1.80. The Kier molecular flexibility index (Phi) is 54.6. The summed E-state index contributed by atoms with van der Waals surface area (Å²) in [6.07, 6.45) is 3.82. The molecule has 456 valence electrons. The average Bonchev–Trinajstić information content (AvgIpc) is 4.24. The fourth-order valence-electron chi connectivity index (χ4n) is 5.11. The van der Waals surface area contributed by atoms with E-state index in [0.29, 0.717) is 5.92 Å². The van der Waals surface area contributed by atoms with Crippen molar-refractivity contribution in [1.29, 1.82) is 21.6 Å². The molecule has 0 amide bonds. The zero-order chi connectivity index (χ0) is 62.1. The molecule has 0 spiro atoms. The Morgan fingerprint density at radius 1 is 0.512 bits per heavy atom. The van der Waals surface area contributed by atoms with Gasteiger partial charge in [-0.2, -0.15) is 0 Å². The summed E-state index contributed by atoms with van der Waals surface area (Å²) >= 11 is 2.79. The molecule has 0 heterocycles. The van der Waals surface area contributed by atoms with Crippen LogP contribution in [0, 0.1) is 56.7 Å². The molecule has 4 rings (SSSR count). The maximum atomic E-state index is 13.3. The van der Waals surface area contributed by atoms with Crippen molar-refractivity contribution in [2.24, 2.45) is 11.8 Å². The highest BCUT2D eigenvalue weighted by Crippen LogP contribution is 3.43. The van der Waals surface area contributed by atoms with E-state index in [9.17, 15) is 22.4 Å². The third-order valence-corrected chi connectivity index (χ3v) is 281. The van der Waals surface area contributed by atoms with Gasteiger partial charge in [0.05, 0.1) is 12.7 Å². The number of rotatable bonds is 24. The topological polar surface area (TPSA) is 181 Å². The Balaban J connectivity index is 0.000000641. The van der Waals surface area contributed by atoms with Crippen LogP contribution in [0.3, 0.4) is 0 Å². The Bertz CT molecular complexity index is 2170. The standard InChI is InChI=1S/C12H10F2N2O2.C7H7BF2O3.C5H7BrN2O.H42P40/c13-9-3-7(4-10(14)8(9)5-17)12(16)18-11(15)6-1-2-6;1-13-7-5(9)2-4(8(11)12)3-6(7)10;6-5(8)9-4(7)3-1-2-3;1-22(2)32(21)37(31(19)20)40(38(33(23(3)4)24(5)6)34(25(7)8)26(9)10)39(35(27(11)12)28(13)14)36(29(15)16)30(17)18/h3-6,15-16H,1-2H2;2-3,11-12H,1H3;3,7-8H,1-2H2;1-21H2. The van der Waals surface area contributed by atoms with Crippen LogP contribution in [0.4, 0.5) is 17.6 Å². The summed E-state index contributed by atoms with van der Waals surface area (Å²) in [5, 5.41) is 46.2. The number of carbonyl (C=O) groups excluding carboxylic acids is 1. The summed E-state index contributed by atoms with van der Waals surface area (Å²) in [6, 6.07) is 3.28. The van der Waals surface area contributed by atoms with Gasteiger partial charge in [-0.3, -0.25) is 26.4 Å². The predicted molar refractivity (Wildman–Crippen MR) is 476 cm³/mol. The summed E-state index contributed by atoms with van der Waals surface area (Å²) in [4.78, 5) is 10.3. The lowest BCUT2D eigenvalue weighted by Gasteiger charge is -2.56. The third-order valence-electron chi connectivity index (χ3n) is 8.69. The molecule has 6 N–H and O–H groups in total. The van der Waals surface area contributed by atoms with Crippen LogP contribution in [0.1, 0.15) is 41.6 Å². The van der Waals surface area contributed by atoms with E-state index in [1.54, 1.807) is 0 Å². The Hall–Kier alpha value is 13.6. The molecule has 2 fully saturated rings. The molecule has 23 unspecified atom stereocenters.